The van der Waals surface area contributed by atoms with Crippen molar-refractivity contribution in [1.29, 1.82) is 0 Å². The summed E-state index contributed by atoms with van der Waals surface area (Å²) in [5.74, 6) is -0.630. The van der Waals surface area contributed by atoms with Crippen LogP contribution in [0, 0.1) is 0 Å². The van der Waals surface area contributed by atoms with Crippen molar-refractivity contribution in [3.8, 4) is 0 Å². The van der Waals surface area contributed by atoms with Crippen LogP contribution in [0.2, 0.25) is 5.02 Å². The Morgan fingerprint density at radius 2 is 2.16 bits per heavy atom. The van der Waals surface area contributed by atoms with E-state index >= 15 is 0 Å². The number of carbonyl (C=O) groups excluding carboxylic acids is 1. The molecule has 1 atom stereocenters. The Kier molecular flexibility index (Phi) is 4.20. The summed E-state index contributed by atoms with van der Waals surface area (Å²) in [5, 5.41) is 0.115. The predicted molar refractivity (Wildman–Crippen MR) is 75.3 cm³/mol. The first-order valence-electron chi connectivity index (χ1n) is 5.60. The maximum atomic E-state index is 12.5. The third-order valence-electron chi connectivity index (χ3n) is 3.01. The second-order valence-electron chi connectivity index (χ2n) is 4.25. The van der Waals surface area contributed by atoms with Crippen molar-refractivity contribution in [3.05, 3.63) is 27.7 Å². The first kappa shape index (κ1) is 14.8. The average molecular weight is 368 g/mol. The van der Waals surface area contributed by atoms with Crippen LogP contribution in [-0.4, -0.2) is 31.2 Å². The number of halogens is 2. The van der Waals surface area contributed by atoms with E-state index in [1.165, 1.54) is 12.1 Å². The van der Waals surface area contributed by atoms with Crippen molar-refractivity contribution < 1.29 is 13.2 Å². The van der Waals surface area contributed by atoms with Gasteiger partial charge in [0.2, 0.25) is 15.9 Å². The summed E-state index contributed by atoms with van der Waals surface area (Å²) >= 11 is 9.18. The van der Waals surface area contributed by atoms with E-state index in [1.807, 2.05) is 0 Å². The number of hydrogen-bond acceptors (Lipinski definition) is 3. The molecule has 1 fully saturated rings. The molecule has 1 aliphatic rings. The standard InChI is InChI=1S/C11H12BrClN2O3S/c12-7-3-4-10(8(13)6-7)19(17,18)15-5-1-2-9(15)11(14)16/h3-4,6,9H,1-2,5H2,(H2,14,16)/t9-/m0/s1. The monoisotopic (exact) mass is 366 g/mol. The SMILES string of the molecule is NC(=O)[C@@H]1CCCN1S(=O)(=O)c1ccc(Br)cc1Cl. The Bertz CT molecular complexity index is 620. The Balaban J connectivity index is 2.45. The van der Waals surface area contributed by atoms with Gasteiger partial charge in [-0.2, -0.15) is 4.31 Å². The molecule has 5 nitrogen and oxygen atoms in total. The maximum Gasteiger partial charge on any atom is 0.245 e. The number of benzene rings is 1. The van der Waals surface area contributed by atoms with Gasteiger partial charge in [0.1, 0.15) is 10.9 Å². The lowest BCUT2D eigenvalue weighted by Gasteiger charge is -2.22. The highest BCUT2D eigenvalue weighted by atomic mass is 79.9. The van der Waals surface area contributed by atoms with Crippen molar-refractivity contribution in [2.24, 2.45) is 5.73 Å². The van der Waals surface area contributed by atoms with Crippen molar-refractivity contribution >= 4 is 43.5 Å². The lowest BCUT2D eigenvalue weighted by molar-refractivity contribution is -0.121. The molecule has 1 aromatic carbocycles. The molecule has 1 saturated heterocycles. The van der Waals surface area contributed by atoms with Gasteiger partial charge in [-0.15, -0.1) is 0 Å². The van der Waals surface area contributed by atoms with Crippen LogP contribution in [0.15, 0.2) is 27.6 Å². The van der Waals surface area contributed by atoms with E-state index in [9.17, 15) is 13.2 Å². The summed E-state index contributed by atoms with van der Waals surface area (Å²) in [4.78, 5) is 11.3. The number of amides is 1. The molecule has 8 heteroatoms. The minimum atomic E-state index is -3.80. The van der Waals surface area contributed by atoms with E-state index in [-0.39, 0.29) is 16.5 Å². The predicted octanol–water partition coefficient (Wildman–Crippen LogP) is 1.74. The van der Waals surface area contributed by atoms with Crippen LogP contribution < -0.4 is 5.73 Å². The van der Waals surface area contributed by atoms with Gasteiger partial charge in [0, 0.05) is 11.0 Å². The number of nitrogens with two attached hydrogens (primary N) is 1. The zero-order valence-electron chi connectivity index (χ0n) is 9.84. The van der Waals surface area contributed by atoms with Crippen LogP contribution in [-0.2, 0) is 14.8 Å². The highest BCUT2D eigenvalue weighted by Crippen LogP contribution is 2.31. The number of carbonyl (C=O) groups is 1. The van der Waals surface area contributed by atoms with Crippen LogP contribution in [0.5, 0.6) is 0 Å². The van der Waals surface area contributed by atoms with Gasteiger partial charge >= 0.3 is 0 Å². The van der Waals surface area contributed by atoms with Crippen molar-refractivity contribution in [2.75, 3.05) is 6.54 Å². The molecule has 1 aliphatic heterocycles. The molecule has 0 bridgehead atoms. The summed E-state index contributed by atoms with van der Waals surface area (Å²) in [6.45, 7) is 0.280. The molecule has 1 aromatic rings. The minimum Gasteiger partial charge on any atom is -0.368 e. The van der Waals surface area contributed by atoms with E-state index < -0.39 is 22.0 Å². The van der Waals surface area contributed by atoms with E-state index in [0.29, 0.717) is 17.3 Å². The summed E-state index contributed by atoms with van der Waals surface area (Å²) in [7, 11) is -3.80. The Labute approximate surface area is 124 Å². The van der Waals surface area contributed by atoms with Crippen molar-refractivity contribution in [3.63, 3.8) is 0 Å². The second-order valence-corrected chi connectivity index (χ2v) is 7.43. The van der Waals surface area contributed by atoms with E-state index in [0.717, 1.165) is 4.31 Å². The largest absolute Gasteiger partial charge is 0.368 e. The van der Waals surface area contributed by atoms with E-state index in [1.54, 1.807) is 6.07 Å². The molecular weight excluding hydrogens is 356 g/mol. The fourth-order valence-corrected chi connectivity index (χ4v) is 4.80. The fourth-order valence-electron chi connectivity index (χ4n) is 2.12. The van der Waals surface area contributed by atoms with Gasteiger partial charge in [-0.3, -0.25) is 4.79 Å². The smallest absolute Gasteiger partial charge is 0.245 e. The highest BCUT2D eigenvalue weighted by Gasteiger charge is 2.39. The van der Waals surface area contributed by atoms with Crippen LogP contribution >= 0.6 is 27.5 Å². The molecule has 2 rings (SSSR count). The third-order valence-corrected chi connectivity index (χ3v) is 5.90. The summed E-state index contributed by atoms with van der Waals surface area (Å²) in [6.07, 6.45) is 1.06. The quantitative estimate of drug-likeness (QED) is 0.883. The Hall–Kier alpha value is -0.630. The summed E-state index contributed by atoms with van der Waals surface area (Å²) < 4.78 is 26.8. The average Bonchev–Trinajstić information content (AvgIpc) is 2.77. The van der Waals surface area contributed by atoms with Crippen LogP contribution in [0.3, 0.4) is 0 Å². The molecule has 0 aliphatic carbocycles. The fraction of sp³-hybridized carbons (Fsp3) is 0.364. The first-order chi connectivity index (χ1) is 8.84. The van der Waals surface area contributed by atoms with Gasteiger partial charge in [-0.05, 0) is 31.0 Å². The molecular formula is C11H12BrClN2O3S. The number of primary amides is 1. The van der Waals surface area contributed by atoms with E-state index in [2.05, 4.69) is 15.9 Å². The summed E-state index contributed by atoms with van der Waals surface area (Å²) in [6, 6.07) is 3.72. The number of sulfonamides is 1. The molecule has 1 amide bonds. The van der Waals surface area contributed by atoms with Crippen molar-refractivity contribution in [1.82, 2.24) is 4.31 Å². The molecule has 0 saturated carbocycles. The normalized spacial score (nSPS) is 20.6. The van der Waals surface area contributed by atoms with Gasteiger partial charge in [-0.1, -0.05) is 27.5 Å². The summed E-state index contributed by atoms with van der Waals surface area (Å²) in [5.41, 5.74) is 5.24. The zero-order valence-corrected chi connectivity index (χ0v) is 13.0. The lowest BCUT2D eigenvalue weighted by Crippen LogP contribution is -2.43. The Morgan fingerprint density at radius 1 is 1.47 bits per heavy atom. The van der Waals surface area contributed by atoms with Crippen molar-refractivity contribution in [2.45, 2.75) is 23.8 Å². The molecule has 2 N–H and O–H groups in total. The third kappa shape index (κ3) is 2.79. The highest BCUT2D eigenvalue weighted by molar-refractivity contribution is 9.10. The molecule has 0 spiro atoms. The number of hydrogen-bond donors (Lipinski definition) is 1. The zero-order chi connectivity index (χ0) is 14.2. The van der Waals surface area contributed by atoms with Gasteiger partial charge in [0.05, 0.1) is 5.02 Å². The van der Waals surface area contributed by atoms with Gasteiger partial charge in [-0.25, -0.2) is 8.42 Å². The number of rotatable bonds is 3. The van der Waals surface area contributed by atoms with Gasteiger partial charge in [0.15, 0.2) is 0 Å². The molecule has 0 aromatic heterocycles. The van der Waals surface area contributed by atoms with Gasteiger partial charge in [0.25, 0.3) is 0 Å². The minimum absolute atomic E-state index is 0.00878. The second kappa shape index (κ2) is 5.40. The topological polar surface area (TPSA) is 80.5 Å². The maximum absolute atomic E-state index is 12.5. The van der Waals surface area contributed by atoms with Crippen LogP contribution in [0.25, 0.3) is 0 Å². The van der Waals surface area contributed by atoms with Crippen LogP contribution in [0.4, 0.5) is 0 Å². The lowest BCUT2D eigenvalue weighted by atomic mass is 10.2. The molecule has 1 heterocycles. The Morgan fingerprint density at radius 3 is 2.74 bits per heavy atom. The molecule has 104 valence electrons. The van der Waals surface area contributed by atoms with Crippen LogP contribution in [0.1, 0.15) is 12.8 Å². The van der Waals surface area contributed by atoms with E-state index in [4.69, 9.17) is 17.3 Å². The molecule has 0 unspecified atom stereocenters. The molecule has 0 radical (unpaired) electrons. The number of nitrogens with zero attached hydrogens (tertiary/aromatic N) is 1. The first-order valence-corrected chi connectivity index (χ1v) is 8.21. The van der Waals surface area contributed by atoms with Gasteiger partial charge < -0.3 is 5.73 Å². The molecule has 19 heavy (non-hydrogen) atoms.